The molecule has 2 aliphatic rings. The van der Waals surface area contributed by atoms with Crippen LogP contribution in [0.4, 0.5) is 0 Å². The molecule has 0 aliphatic carbocycles. The monoisotopic (exact) mass is 436 g/mol. The van der Waals surface area contributed by atoms with Crippen molar-refractivity contribution >= 4 is 11.8 Å². The van der Waals surface area contributed by atoms with Crippen LogP contribution in [0.25, 0.3) is 0 Å². The van der Waals surface area contributed by atoms with Crippen molar-refractivity contribution in [3.05, 3.63) is 59.7 Å². The molecule has 0 aromatic heterocycles. The Bertz CT molecular complexity index is 896. The number of carbonyl (C=O) groups is 2. The highest BCUT2D eigenvalue weighted by Crippen LogP contribution is 2.22. The summed E-state index contributed by atoms with van der Waals surface area (Å²) < 4.78 is 11.1. The third-order valence-electron chi connectivity index (χ3n) is 6.47. The number of ether oxygens (including phenoxy) is 2. The van der Waals surface area contributed by atoms with Crippen LogP contribution in [-0.2, 0) is 0 Å². The molecule has 32 heavy (non-hydrogen) atoms. The van der Waals surface area contributed by atoms with Crippen molar-refractivity contribution in [1.29, 1.82) is 0 Å². The fraction of sp³-hybridized carbons (Fsp3) is 0.462. The molecule has 2 aliphatic heterocycles. The molecule has 0 atom stereocenters. The summed E-state index contributed by atoms with van der Waals surface area (Å²) in [6.07, 6.45) is 5.25. The van der Waals surface area contributed by atoms with E-state index >= 15 is 0 Å². The number of carbonyl (C=O) groups excluding carboxylic acids is 2. The molecule has 0 spiro atoms. The highest BCUT2D eigenvalue weighted by atomic mass is 16.5. The Hall–Kier alpha value is -3.02. The van der Waals surface area contributed by atoms with E-state index in [4.69, 9.17) is 9.47 Å². The van der Waals surface area contributed by atoms with Crippen LogP contribution in [0.3, 0.4) is 0 Å². The van der Waals surface area contributed by atoms with Crippen LogP contribution in [-0.4, -0.2) is 61.5 Å². The zero-order valence-corrected chi connectivity index (χ0v) is 18.8. The molecule has 6 heteroatoms. The average molecular weight is 437 g/mol. The lowest BCUT2D eigenvalue weighted by molar-refractivity contribution is 0.0659. The van der Waals surface area contributed by atoms with Crippen molar-refractivity contribution in [2.75, 3.05) is 39.9 Å². The predicted octanol–water partition coefficient (Wildman–Crippen LogP) is 4.25. The van der Waals surface area contributed by atoms with Gasteiger partial charge in [0.25, 0.3) is 11.8 Å². The topological polar surface area (TPSA) is 59.1 Å². The van der Waals surface area contributed by atoms with E-state index in [1.807, 2.05) is 58.3 Å². The van der Waals surface area contributed by atoms with Crippen molar-refractivity contribution in [1.82, 2.24) is 9.80 Å². The number of amides is 2. The zero-order chi connectivity index (χ0) is 22.3. The number of benzene rings is 2. The highest BCUT2D eigenvalue weighted by molar-refractivity contribution is 5.95. The largest absolute Gasteiger partial charge is 0.497 e. The molecule has 0 saturated carbocycles. The molecule has 2 fully saturated rings. The first-order valence-corrected chi connectivity index (χ1v) is 11.6. The third-order valence-corrected chi connectivity index (χ3v) is 6.47. The van der Waals surface area contributed by atoms with Crippen LogP contribution in [0.15, 0.2) is 48.5 Å². The first-order valence-electron chi connectivity index (χ1n) is 11.6. The van der Waals surface area contributed by atoms with Gasteiger partial charge in [-0.1, -0.05) is 0 Å². The van der Waals surface area contributed by atoms with Crippen LogP contribution in [0.1, 0.15) is 52.8 Å². The van der Waals surface area contributed by atoms with Crippen molar-refractivity contribution in [2.45, 2.75) is 32.1 Å². The van der Waals surface area contributed by atoms with Gasteiger partial charge >= 0.3 is 0 Å². The molecular formula is C26H32N2O4. The van der Waals surface area contributed by atoms with Crippen molar-refractivity contribution < 1.29 is 19.1 Å². The Kier molecular flexibility index (Phi) is 7.30. The molecule has 0 bridgehead atoms. The van der Waals surface area contributed by atoms with E-state index in [-0.39, 0.29) is 11.8 Å². The summed E-state index contributed by atoms with van der Waals surface area (Å²) in [5, 5.41) is 0. The van der Waals surface area contributed by atoms with Gasteiger partial charge in [0.1, 0.15) is 11.5 Å². The minimum atomic E-state index is 0.0704. The lowest BCUT2D eigenvalue weighted by Gasteiger charge is -2.32. The molecule has 170 valence electrons. The summed E-state index contributed by atoms with van der Waals surface area (Å²) in [4.78, 5) is 29.2. The Morgan fingerprint density at radius 1 is 0.750 bits per heavy atom. The van der Waals surface area contributed by atoms with Gasteiger partial charge in [0.05, 0.1) is 13.7 Å². The van der Waals surface area contributed by atoms with Gasteiger partial charge in [-0.3, -0.25) is 9.59 Å². The quantitative estimate of drug-likeness (QED) is 0.679. The lowest BCUT2D eigenvalue weighted by Crippen LogP contribution is -2.39. The lowest BCUT2D eigenvalue weighted by atomic mass is 9.97. The van der Waals surface area contributed by atoms with Crippen molar-refractivity contribution in [3.63, 3.8) is 0 Å². The summed E-state index contributed by atoms with van der Waals surface area (Å²) in [6.45, 7) is 3.82. The Morgan fingerprint density at radius 3 is 1.78 bits per heavy atom. The van der Waals surface area contributed by atoms with Gasteiger partial charge < -0.3 is 19.3 Å². The van der Waals surface area contributed by atoms with Gasteiger partial charge in [-0.2, -0.15) is 0 Å². The summed E-state index contributed by atoms with van der Waals surface area (Å²) in [7, 11) is 1.62. The highest BCUT2D eigenvalue weighted by Gasteiger charge is 2.24. The molecule has 0 radical (unpaired) electrons. The Balaban J connectivity index is 1.22. The maximum Gasteiger partial charge on any atom is 0.253 e. The van der Waals surface area contributed by atoms with Gasteiger partial charge in [-0.05, 0) is 86.6 Å². The maximum absolute atomic E-state index is 12.7. The molecule has 2 aromatic carbocycles. The molecule has 2 aromatic rings. The predicted molar refractivity (Wildman–Crippen MR) is 123 cm³/mol. The van der Waals surface area contributed by atoms with Crippen molar-refractivity contribution in [3.8, 4) is 11.5 Å². The van der Waals surface area contributed by atoms with Crippen molar-refractivity contribution in [2.24, 2.45) is 5.92 Å². The fourth-order valence-corrected chi connectivity index (χ4v) is 4.41. The zero-order valence-electron chi connectivity index (χ0n) is 18.8. The van der Waals surface area contributed by atoms with E-state index < -0.39 is 0 Å². The van der Waals surface area contributed by atoms with Crippen LogP contribution in [0, 0.1) is 5.92 Å². The number of hydrogen-bond donors (Lipinski definition) is 0. The number of nitrogens with zero attached hydrogens (tertiary/aromatic N) is 2. The summed E-state index contributed by atoms with van der Waals surface area (Å²) in [5.74, 6) is 2.15. The number of piperidine rings is 2. The average Bonchev–Trinajstić information content (AvgIpc) is 2.88. The molecular weight excluding hydrogens is 404 g/mol. The van der Waals surface area contributed by atoms with Crippen LogP contribution in [0.5, 0.6) is 11.5 Å². The minimum absolute atomic E-state index is 0.0704. The third kappa shape index (κ3) is 5.42. The molecule has 2 saturated heterocycles. The van der Waals surface area contributed by atoms with E-state index in [9.17, 15) is 9.59 Å². The van der Waals surface area contributed by atoms with Gasteiger partial charge in [-0.25, -0.2) is 0 Å². The van der Waals surface area contributed by atoms with Gasteiger partial charge in [0.2, 0.25) is 0 Å². The van der Waals surface area contributed by atoms with Crippen LogP contribution < -0.4 is 9.47 Å². The summed E-state index contributed by atoms with van der Waals surface area (Å²) in [5.41, 5.74) is 1.42. The van der Waals surface area contributed by atoms with Gasteiger partial charge in [0, 0.05) is 37.3 Å². The van der Waals surface area contributed by atoms with Crippen LogP contribution in [0.2, 0.25) is 0 Å². The van der Waals surface area contributed by atoms with E-state index in [1.54, 1.807) is 7.11 Å². The Morgan fingerprint density at radius 2 is 1.25 bits per heavy atom. The summed E-state index contributed by atoms with van der Waals surface area (Å²) in [6, 6.07) is 14.8. The smallest absolute Gasteiger partial charge is 0.253 e. The Labute approximate surface area is 190 Å². The number of rotatable bonds is 6. The number of methoxy groups -OCH3 is 1. The van der Waals surface area contributed by atoms with E-state index in [1.165, 1.54) is 6.42 Å². The first-order chi connectivity index (χ1) is 15.6. The first kappa shape index (κ1) is 22.2. The van der Waals surface area contributed by atoms with E-state index in [2.05, 4.69) is 0 Å². The molecule has 0 unspecified atom stereocenters. The fourth-order valence-electron chi connectivity index (χ4n) is 4.41. The summed E-state index contributed by atoms with van der Waals surface area (Å²) >= 11 is 0. The number of likely N-dealkylation sites (tertiary alicyclic amines) is 2. The molecule has 0 N–H and O–H groups in total. The van der Waals surface area contributed by atoms with Gasteiger partial charge in [-0.15, -0.1) is 0 Å². The second-order valence-electron chi connectivity index (χ2n) is 8.65. The minimum Gasteiger partial charge on any atom is -0.497 e. The molecule has 2 heterocycles. The second-order valence-corrected chi connectivity index (χ2v) is 8.65. The van der Waals surface area contributed by atoms with E-state index in [0.29, 0.717) is 18.1 Å². The molecule has 6 nitrogen and oxygen atoms in total. The normalized spacial score (nSPS) is 17.2. The van der Waals surface area contributed by atoms with E-state index in [0.717, 1.165) is 68.9 Å². The maximum atomic E-state index is 12.7. The molecule has 4 rings (SSSR count). The number of hydrogen-bond acceptors (Lipinski definition) is 4. The second kappa shape index (κ2) is 10.5. The van der Waals surface area contributed by atoms with Crippen LogP contribution >= 0.6 is 0 Å². The standard InChI is InChI=1S/C26H32N2O4/c1-31-23-9-5-21(6-10-23)26(30)28-17-13-20(14-18-28)19-32-24-11-7-22(8-12-24)25(29)27-15-3-2-4-16-27/h5-12,20H,2-4,13-19H2,1H3. The SMILES string of the molecule is COc1ccc(C(=O)N2CCC(COc3ccc(C(=O)N4CCCCC4)cc3)CC2)cc1. The molecule has 2 amide bonds. The van der Waals surface area contributed by atoms with Gasteiger partial charge in [0.15, 0.2) is 0 Å².